The smallest absolute Gasteiger partial charge is 0.306 e. The van der Waals surface area contributed by atoms with Crippen molar-refractivity contribution in [2.24, 2.45) is 0 Å². The van der Waals surface area contributed by atoms with Gasteiger partial charge in [-0.05, 0) is 51.4 Å². The number of likely N-dealkylation sites (N-methyl/N-ethyl adjacent to an activating group) is 1. The normalized spacial score (nSPS) is 13.1. The van der Waals surface area contributed by atoms with Gasteiger partial charge >= 0.3 is 11.9 Å². The van der Waals surface area contributed by atoms with Crippen LogP contribution >= 0.6 is 7.82 Å². The highest BCUT2D eigenvalue weighted by atomic mass is 31.2. The third-order valence-corrected chi connectivity index (χ3v) is 20.4. The minimum Gasteiger partial charge on any atom is -0.756 e. The average molecular weight is 1360 g/mol. The molecule has 2 atom stereocenters. The van der Waals surface area contributed by atoms with Crippen LogP contribution in [0.2, 0.25) is 0 Å². The van der Waals surface area contributed by atoms with E-state index in [4.69, 9.17) is 18.5 Å². The van der Waals surface area contributed by atoms with Gasteiger partial charge in [0.1, 0.15) is 19.8 Å². The van der Waals surface area contributed by atoms with Crippen LogP contribution in [0.4, 0.5) is 0 Å². The zero-order valence-electron chi connectivity index (χ0n) is 64.4. The summed E-state index contributed by atoms with van der Waals surface area (Å²) in [6, 6.07) is 0. The Kier molecular flexibility index (Phi) is 75.0. The average Bonchev–Trinajstić information content (AvgIpc) is 2.29. The SMILES string of the molecule is CCCCCCC/C=C\C/C=C\C/C=C\CCCCCCCCCCCCCCCCCCC(=O)OC(COC(=O)CCCCCCCCCCCCCCCCCCCCCCCCCCCCCCCCCCCCCCCCCC)COP(=O)([O-])OCC[N+](C)(C)C. The van der Waals surface area contributed by atoms with Crippen molar-refractivity contribution in [3.05, 3.63) is 36.5 Å². The maximum atomic E-state index is 12.9. The van der Waals surface area contributed by atoms with Gasteiger partial charge in [-0.25, -0.2) is 0 Å². The summed E-state index contributed by atoms with van der Waals surface area (Å²) in [4.78, 5) is 38.2. The maximum Gasteiger partial charge on any atom is 0.306 e. The number of allylic oxidation sites excluding steroid dienone is 6. The number of rotatable bonds is 80. The highest BCUT2D eigenvalue weighted by Crippen LogP contribution is 2.38. The molecule has 0 fully saturated rings. The molecule has 95 heavy (non-hydrogen) atoms. The van der Waals surface area contributed by atoms with Gasteiger partial charge < -0.3 is 27.9 Å². The largest absolute Gasteiger partial charge is 0.756 e. The number of esters is 2. The number of phosphoric ester groups is 1. The topological polar surface area (TPSA) is 111 Å². The second-order valence-corrected chi connectivity index (χ2v) is 31.6. The molecule has 562 valence electrons. The lowest BCUT2D eigenvalue weighted by Crippen LogP contribution is -2.37. The molecular weight excluding hydrogens is 1190 g/mol. The summed E-state index contributed by atoms with van der Waals surface area (Å²) >= 11 is 0. The summed E-state index contributed by atoms with van der Waals surface area (Å²) in [6.07, 6.45) is 100. The molecule has 0 aliphatic rings. The van der Waals surface area contributed by atoms with E-state index in [1.54, 1.807) is 0 Å². The van der Waals surface area contributed by atoms with Crippen molar-refractivity contribution >= 4 is 19.8 Å². The number of ether oxygens (including phenoxy) is 2. The molecule has 0 spiro atoms. The fourth-order valence-corrected chi connectivity index (χ4v) is 13.7. The first-order valence-electron chi connectivity index (χ1n) is 42.2. The quantitative estimate of drug-likeness (QED) is 0.0195. The van der Waals surface area contributed by atoms with Gasteiger partial charge in [0.15, 0.2) is 6.10 Å². The molecule has 0 radical (unpaired) electrons. The highest BCUT2D eigenvalue weighted by molar-refractivity contribution is 7.45. The highest BCUT2D eigenvalue weighted by Gasteiger charge is 2.22. The number of nitrogens with zero attached hydrogens (tertiary/aromatic N) is 1. The second-order valence-electron chi connectivity index (χ2n) is 30.2. The van der Waals surface area contributed by atoms with Crippen LogP contribution in [-0.4, -0.2) is 70.0 Å². The fourth-order valence-electron chi connectivity index (χ4n) is 13.0. The predicted molar refractivity (Wildman–Crippen MR) is 411 cm³/mol. The molecule has 0 aliphatic heterocycles. The Balaban J connectivity index is 3.86. The van der Waals surface area contributed by atoms with Crippen molar-refractivity contribution < 1.29 is 42.1 Å². The van der Waals surface area contributed by atoms with E-state index < -0.39 is 26.5 Å². The van der Waals surface area contributed by atoms with Crippen LogP contribution in [0.15, 0.2) is 36.5 Å². The van der Waals surface area contributed by atoms with Crippen LogP contribution < -0.4 is 4.89 Å². The molecule has 0 bridgehead atoms. The summed E-state index contributed by atoms with van der Waals surface area (Å²) in [5.41, 5.74) is 0. The van der Waals surface area contributed by atoms with Crippen molar-refractivity contribution in [3.8, 4) is 0 Å². The molecule has 0 saturated heterocycles. The molecule has 2 unspecified atom stereocenters. The van der Waals surface area contributed by atoms with Crippen LogP contribution in [0.1, 0.15) is 444 Å². The lowest BCUT2D eigenvalue weighted by atomic mass is 10.0. The zero-order chi connectivity index (χ0) is 69.0. The molecule has 10 heteroatoms. The summed E-state index contributed by atoms with van der Waals surface area (Å²) in [5.74, 6) is -0.808. The molecule has 0 amide bonds. The van der Waals surface area contributed by atoms with Gasteiger partial charge in [0.05, 0.1) is 27.7 Å². The maximum absolute atomic E-state index is 12.9. The summed E-state index contributed by atoms with van der Waals surface area (Å²) < 4.78 is 34.4. The Hall–Kier alpha value is -1.77. The van der Waals surface area contributed by atoms with Gasteiger partial charge in [-0.2, -0.15) is 0 Å². The standard InChI is InChI=1S/C85H164NO8P/c1-6-8-10-12-14-16-18-20-22-24-26-28-30-32-34-36-38-39-40-41-42-43-44-45-46-48-49-51-53-55-57-59-61-63-65-67-69-71-73-75-77-84(87)91-81-83(82-93-95(89,90)92-80-79-86(3,4)5)94-85(88)78-76-74-72-70-68-66-64-62-60-58-56-54-52-50-47-37-35-33-31-29-27-25-23-21-19-17-15-13-11-9-7-2/h19,21,25,27,31,33,83H,6-18,20,22-24,26,28-30,32,34-82H2,1-5H3/b21-19-,27-25-,33-31-. The van der Waals surface area contributed by atoms with Gasteiger partial charge in [0.2, 0.25) is 0 Å². The van der Waals surface area contributed by atoms with E-state index in [1.807, 2.05) is 21.1 Å². The lowest BCUT2D eigenvalue weighted by molar-refractivity contribution is -0.870. The van der Waals surface area contributed by atoms with Gasteiger partial charge in [-0.3, -0.25) is 14.2 Å². The Bertz CT molecular complexity index is 1690. The van der Waals surface area contributed by atoms with Crippen LogP contribution in [0.5, 0.6) is 0 Å². The number of quaternary nitrogens is 1. The Morgan fingerprint density at radius 2 is 0.568 bits per heavy atom. The van der Waals surface area contributed by atoms with E-state index in [0.29, 0.717) is 17.4 Å². The molecule has 9 nitrogen and oxygen atoms in total. The second kappa shape index (κ2) is 76.4. The molecule has 0 aromatic carbocycles. The van der Waals surface area contributed by atoms with Crippen molar-refractivity contribution in [1.82, 2.24) is 0 Å². The molecule has 0 rings (SSSR count). The molecule has 0 saturated carbocycles. The number of hydrogen-bond acceptors (Lipinski definition) is 8. The van der Waals surface area contributed by atoms with E-state index in [0.717, 1.165) is 51.4 Å². The van der Waals surface area contributed by atoms with Crippen LogP contribution in [0.25, 0.3) is 0 Å². The third-order valence-electron chi connectivity index (χ3n) is 19.4. The molecule has 0 aromatic heterocycles. The molecule has 0 N–H and O–H groups in total. The molecular formula is C85H164NO8P. The molecule has 0 heterocycles. The van der Waals surface area contributed by atoms with Gasteiger partial charge in [-0.1, -0.05) is 416 Å². The van der Waals surface area contributed by atoms with Crippen LogP contribution in [0, 0.1) is 0 Å². The van der Waals surface area contributed by atoms with Gasteiger partial charge in [0, 0.05) is 12.8 Å². The third kappa shape index (κ3) is 81.1. The summed E-state index contributed by atoms with van der Waals surface area (Å²) in [6.45, 7) is 4.31. The Morgan fingerprint density at radius 3 is 0.842 bits per heavy atom. The first-order chi connectivity index (χ1) is 46.5. The number of phosphoric acid groups is 1. The number of unbranched alkanes of at least 4 members (excludes halogenated alkanes) is 60. The monoisotopic (exact) mass is 1360 g/mol. The first-order valence-corrected chi connectivity index (χ1v) is 43.7. The lowest BCUT2D eigenvalue weighted by Gasteiger charge is -2.28. The van der Waals surface area contributed by atoms with E-state index in [2.05, 4.69) is 50.3 Å². The number of carbonyl (C=O) groups excluding carboxylic acids is 2. The van der Waals surface area contributed by atoms with Crippen LogP contribution in [-0.2, 0) is 32.7 Å². The molecule has 0 aliphatic carbocycles. The van der Waals surface area contributed by atoms with Gasteiger partial charge in [0.25, 0.3) is 7.82 Å². The zero-order valence-corrected chi connectivity index (χ0v) is 65.3. The van der Waals surface area contributed by atoms with Gasteiger partial charge in [-0.15, -0.1) is 0 Å². The molecule has 0 aromatic rings. The van der Waals surface area contributed by atoms with Crippen molar-refractivity contribution in [3.63, 3.8) is 0 Å². The predicted octanol–water partition coefficient (Wildman–Crippen LogP) is 27.5. The van der Waals surface area contributed by atoms with E-state index in [-0.39, 0.29) is 32.0 Å². The first kappa shape index (κ1) is 93.2. The van der Waals surface area contributed by atoms with Crippen molar-refractivity contribution in [1.29, 1.82) is 0 Å². The number of hydrogen-bond donors (Lipinski definition) is 0. The minimum absolute atomic E-state index is 0.0279. The minimum atomic E-state index is -4.64. The van der Waals surface area contributed by atoms with E-state index in [1.165, 1.54) is 360 Å². The van der Waals surface area contributed by atoms with E-state index >= 15 is 0 Å². The van der Waals surface area contributed by atoms with Crippen molar-refractivity contribution in [2.75, 3.05) is 47.5 Å². The number of carbonyl (C=O) groups is 2. The Labute approximate surface area is 592 Å². The van der Waals surface area contributed by atoms with Crippen LogP contribution in [0.3, 0.4) is 0 Å². The summed E-state index contributed by atoms with van der Waals surface area (Å²) in [7, 11) is 1.19. The fraction of sp³-hybridized carbons (Fsp3) is 0.906. The van der Waals surface area contributed by atoms with Crippen molar-refractivity contribution in [2.45, 2.75) is 450 Å². The summed E-state index contributed by atoms with van der Waals surface area (Å²) in [5, 5.41) is 0. The Morgan fingerprint density at radius 1 is 0.326 bits per heavy atom. The van der Waals surface area contributed by atoms with E-state index in [9.17, 15) is 19.0 Å².